The number of aryl methyl sites for hydroxylation is 1. The predicted molar refractivity (Wildman–Crippen MR) is 160 cm³/mol. The van der Waals surface area contributed by atoms with Crippen molar-refractivity contribution >= 4 is 45.2 Å². The molecule has 0 aliphatic heterocycles. The van der Waals surface area contributed by atoms with Crippen LogP contribution in [0.4, 0.5) is 0 Å². The molecule has 0 aliphatic rings. The van der Waals surface area contributed by atoms with Crippen molar-refractivity contribution in [2.24, 2.45) is 0 Å². The van der Waals surface area contributed by atoms with Gasteiger partial charge in [0.25, 0.3) is 5.91 Å². The fourth-order valence-electron chi connectivity index (χ4n) is 4.01. The van der Waals surface area contributed by atoms with E-state index in [2.05, 4.69) is 5.32 Å². The summed E-state index contributed by atoms with van der Waals surface area (Å²) >= 11 is 12.2. The second-order valence-electron chi connectivity index (χ2n) is 9.30. The van der Waals surface area contributed by atoms with Gasteiger partial charge in [-0.15, -0.1) is 0 Å². The number of halogens is 2. The lowest BCUT2D eigenvalue weighted by atomic mass is 10.1. The van der Waals surface area contributed by atoms with Crippen molar-refractivity contribution in [3.8, 4) is 6.07 Å². The quantitative estimate of drug-likeness (QED) is 0.154. The number of nitriles is 1. The average molecular weight is 609 g/mol. The maximum atomic E-state index is 13.6. The van der Waals surface area contributed by atoms with Crippen molar-refractivity contribution in [1.29, 1.82) is 5.26 Å². The third-order valence-corrected chi connectivity index (χ3v) is 8.76. The first-order valence-electron chi connectivity index (χ1n) is 12.7. The van der Waals surface area contributed by atoms with Crippen LogP contribution in [0.15, 0.2) is 99.8 Å². The number of nitrogens with zero attached hydrogens (tertiary/aromatic N) is 2. The summed E-state index contributed by atoms with van der Waals surface area (Å²) in [6.45, 7) is 2.15. The summed E-state index contributed by atoms with van der Waals surface area (Å²) in [6, 6.07) is 26.3. The van der Waals surface area contributed by atoms with Crippen molar-refractivity contribution in [2.75, 3.05) is 6.54 Å². The first-order valence-corrected chi connectivity index (χ1v) is 14.9. The van der Waals surface area contributed by atoms with E-state index >= 15 is 0 Å². The van der Waals surface area contributed by atoms with E-state index in [1.807, 2.05) is 43.3 Å². The standard InChI is InChI=1S/C31H27Cl2N3O4S/c1-22-7-12-28(13-8-22)41(38,39)36(20-24-9-14-29(32)30(33)17-24)21-27-11-10-26(40-27)18-25(19-34)31(37)35-16-15-23-5-3-2-4-6-23/h2-14,17-18H,15-16,20-21H2,1H3,(H,35,37)/b25-18-. The van der Waals surface area contributed by atoms with Crippen molar-refractivity contribution in [2.45, 2.75) is 31.3 Å². The molecule has 3 aromatic carbocycles. The largest absolute Gasteiger partial charge is 0.460 e. The van der Waals surface area contributed by atoms with E-state index in [4.69, 9.17) is 27.6 Å². The minimum absolute atomic E-state index is 0.00619. The Labute approximate surface area is 249 Å². The molecule has 1 heterocycles. The van der Waals surface area contributed by atoms with Gasteiger partial charge >= 0.3 is 0 Å². The molecule has 7 nitrogen and oxygen atoms in total. The van der Waals surface area contributed by atoms with Crippen molar-refractivity contribution in [3.05, 3.63) is 129 Å². The molecule has 0 spiro atoms. The van der Waals surface area contributed by atoms with E-state index in [9.17, 15) is 18.5 Å². The van der Waals surface area contributed by atoms with Crippen LogP contribution >= 0.6 is 23.2 Å². The number of carbonyl (C=O) groups is 1. The van der Waals surface area contributed by atoms with Gasteiger partial charge in [0.1, 0.15) is 23.2 Å². The van der Waals surface area contributed by atoms with Crippen molar-refractivity contribution in [3.63, 3.8) is 0 Å². The van der Waals surface area contributed by atoms with Gasteiger partial charge in [-0.05, 0) is 60.9 Å². The van der Waals surface area contributed by atoms with Crippen molar-refractivity contribution in [1.82, 2.24) is 9.62 Å². The molecule has 0 saturated heterocycles. The van der Waals surface area contributed by atoms with E-state index in [0.29, 0.717) is 34.3 Å². The van der Waals surface area contributed by atoms with Crippen LogP contribution in [0.25, 0.3) is 6.08 Å². The number of furan rings is 1. The second-order valence-corrected chi connectivity index (χ2v) is 12.1. The van der Waals surface area contributed by atoms with Crippen LogP contribution in [0.2, 0.25) is 10.0 Å². The molecule has 0 aliphatic carbocycles. The Morgan fingerprint density at radius 2 is 1.68 bits per heavy atom. The van der Waals surface area contributed by atoms with E-state index in [-0.39, 0.29) is 29.3 Å². The molecular formula is C31H27Cl2N3O4S. The summed E-state index contributed by atoms with van der Waals surface area (Å²) in [5.74, 6) is 0.0512. The van der Waals surface area contributed by atoms with Gasteiger partial charge in [-0.2, -0.15) is 9.57 Å². The molecule has 1 amide bonds. The topological polar surface area (TPSA) is 103 Å². The van der Waals surface area contributed by atoms with Crippen LogP contribution in [0, 0.1) is 18.3 Å². The Morgan fingerprint density at radius 3 is 2.37 bits per heavy atom. The molecule has 1 N–H and O–H groups in total. The van der Waals surface area contributed by atoms with Gasteiger partial charge in [0.15, 0.2) is 0 Å². The van der Waals surface area contributed by atoms with Gasteiger partial charge in [0.05, 0.1) is 21.5 Å². The maximum Gasteiger partial charge on any atom is 0.262 e. The van der Waals surface area contributed by atoms with Gasteiger partial charge in [0, 0.05) is 19.2 Å². The lowest BCUT2D eigenvalue weighted by Gasteiger charge is -2.22. The minimum Gasteiger partial charge on any atom is -0.460 e. The fraction of sp³-hybridized carbons (Fsp3) is 0.161. The zero-order chi connectivity index (χ0) is 29.4. The number of carbonyl (C=O) groups excluding carboxylic acids is 1. The summed E-state index contributed by atoms with van der Waals surface area (Å²) in [7, 11) is -3.94. The molecule has 10 heteroatoms. The average Bonchev–Trinajstić information content (AvgIpc) is 3.41. The SMILES string of the molecule is Cc1ccc(S(=O)(=O)N(Cc2ccc(Cl)c(Cl)c2)Cc2ccc(/C=C(/C#N)C(=O)NCCc3ccccc3)o2)cc1. The Morgan fingerprint density at radius 1 is 0.951 bits per heavy atom. The number of sulfonamides is 1. The molecule has 0 fully saturated rings. The second kappa shape index (κ2) is 13.7. The highest BCUT2D eigenvalue weighted by atomic mass is 35.5. The van der Waals surface area contributed by atoms with Crippen LogP contribution in [-0.2, 0) is 34.3 Å². The predicted octanol–water partition coefficient (Wildman–Crippen LogP) is 6.55. The van der Waals surface area contributed by atoms with Gasteiger partial charge in [-0.25, -0.2) is 8.42 Å². The lowest BCUT2D eigenvalue weighted by Crippen LogP contribution is -2.30. The number of amides is 1. The van der Waals surface area contributed by atoms with Crippen LogP contribution < -0.4 is 5.32 Å². The molecule has 0 radical (unpaired) electrons. The van der Waals surface area contributed by atoms with E-state index in [1.54, 1.807) is 54.6 Å². The molecular weight excluding hydrogens is 581 g/mol. The van der Waals surface area contributed by atoms with E-state index in [1.165, 1.54) is 10.4 Å². The fourth-order valence-corrected chi connectivity index (χ4v) is 5.72. The minimum atomic E-state index is -3.94. The van der Waals surface area contributed by atoms with Crippen LogP contribution in [0.3, 0.4) is 0 Å². The molecule has 0 atom stereocenters. The lowest BCUT2D eigenvalue weighted by molar-refractivity contribution is -0.117. The number of nitrogens with one attached hydrogen (secondary N) is 1. The molecule has 1 aromatic heterocycles. The summed E-state index contributed by atoms with van der Waals surface area (Å²) in [6.07, 6.45) is 1.96. The first kappa shape index (κ1) is 30.1. The monoisotopic (exact) mass is 607 g/mol. The molecule has 0 unspecified atom stereocenters. The Bertz CT molecular complexity index is 1690. The number of hydrogen-bond donors (Lipinski definition) is 1. The van der Waals surface area contributed by atoms with E-state index < -0.39 is 15.9 Å². The zero-order valence-corrected chi connectivity index (χ0v) is 24.5. The Kier molecular flexibility index (Phi) is 10.0. The van der Waals surface area contributed by atoms with E-state index in [0.717, 1.165) is 11.1 Å². The third-order valence-electron chi connectivity index (χ3n) is 6.21. The number of benzene rings is 3. The Hall–Kier alpha value is -3.87. The van der Waals surface area contributed by atoms with Crippen LogP contribution in [-0.4, -0.2) is 25.2 Å². The van der Waals surface area contributed by atoms with Gasteiger partial charge < -0.3 is 9.73 Å². The number of rotatable bonds is 11. The summed E-state index contributed by atoms with van der Waals surface area (Å²) in [4.78, 5) is 12.7. The van der Waals surface area contributed by atoms with Gasteiger partial charge in [-0.3, -0.25) is 4.79 Å². The molecule has 41 heavy (non-hydrogen) atoms. The highest BCUT2D eigenvalue weighted by Crippen LogP contribution is 2.27. The summed E-state index contributed by atoms with van der Waals surface area (Å²) in [5.41, 5.74) is 2.51. The van der Waals surface area contributed by atoms with Gasteiger partial charge in [0.2, 0.25) is 10.0 Å². The van der Waals surface area contributed by atoms with Crippen LogP contribution in [0.5, 0.6) is 0 Å². The van der Waals surface area contributed by atoms with Gasteiger partial charge in [-0.1, -0.05) is 77.3 Å². The zero-order valence-electron chi connectivity index (χ0n) is 22.2. The molecule has 4 rings (SSSR count). The summed E-state index contributed by atoms with van der Waals surface area (Å²) < 4.78 is 34.4. The molecule has 0 bridgehead atoms. The summed E-state index contributed by atoms with van der Waals surface area (Å²) in [5, 5.41) is 13.0. The highest BCUT2D eigenvalue weighted by Gasteiger charge is 2.26. The third kappa shape index (κ3) is 8.09. The highest BCUT2D eigenvalue weighted by molar-refractivity contribution is 7.89. The molecule has 0 saturated carbocycles. The van der Waals surface area contributed by atoms with Crippen LogP contribution in [0.1, 0.15) is 28.2 Å². The molecule has 210 valence electrons. The number of hydrogen-bond acceptors (Lipinski definition) is 5. The van der Waals surface area contributed by atoms with Crippen molar-refractivity contribution < 1.29 is 17.6 Å². The Balaban J connectivity index is 1.52. The first-order chi connectivity index (χ1) is 19.7. The maximum absolute atomic E-state index is 13.6. The molecule has 4 aromatic rings. The smallest absolute Gasteiger partial charge is 0.262 e. The normalized spacial score (nSPS) is 11.8.